The van der Waals surface area contributed by atoms with Gasteiger partial charge in [0.25, 0.3) is 0 Å². The van der Waals surface area contributed by atoms with Gasteiger partial charge in [-0.3, -0.25) is 0 Å². The summed E-state index contributed by atoms with van der Waals surface area (Å²) in [6.07, 6.45) is 4.96. The average Bonchev–Trinajstić information content (AvgIpc) is 2.01. The number of carbonyl (C=O) groups is 1. The highest BCUT2D eigenvalue weighted by atomic mass is 16.5. The van der Waals surface area contributed by atoms with Gasteiger partial charge in [-0.1, -0.05) is 0 Å². The first-order chi connectivity index (χ1) is 5.68. The lowest BCUT2D eigenvalue weighted by molar-refractivity contribution is -0.605. The molecular formula is C8H7NO3. The van der Waals surface area contributed by atoms with Gasteiger partial charge in [-0.25, -0.2) is 4.79 Å². The van der Waals surface area contributed by atoms with Gasteiger partial charge in [0.05, 0.1) is 0 Å². The first-order valence-electron chi connectivity index (χ1n) is 3.28. The predicted molar refractivity (Wildman–Crippen MR) is 42.1 cm³/mol. The van der Waals surface area contributed by atoms with E-state index in [0.29, 0.717) is 10.3 Å². The summed E-state index contributed by atoms with van der Waals surface area (Å²) < 4.78 is 0.613. The summed E-state index contributed by atoms with van der Waals surface area (Å²) in [5, 5.41) is 18.9. The zero-order chi connectivity index (χ0) is 8.97. The molecule has 0 aliphatic heterocycles. The van der Waals surface area contributed by atoms with Crippen molar-refractivity contribution < 1.29 is 14.6 Å². The fraction of sp³-hybridized carbons (Fsp3) is 0. The van der Waals surface area contributed by atoms with Crippen molar-refractivity contribution in [3.63, 3.8) is 0 Å². The quantitative estimate of drug-likeness (QED) is 0.392. The second kappa shape index (κ2) is 3.52. The molecule has 0 saturated carbocycles. The number of carboxylic acid groups (broad SMARTS) is 1. The molecule has 0 atom stereocenters. The Bertz CT molecular complexity index is 320. The van der Waals surface area contributed by atoms with E-state index in [-0.39, 0.29) is 0 Å². The zero-order valence-electron chi connectivity index (χ0n) is 6.18. The van der Waals surface area contributed by atoms with Crippen LogP contribution in [-0.2, 0) is 4.79 Å². The molecule has 0 aromatic carbocycles. The van der Waals surface area contributed by atoms with Gasteiger partial charge in [-0.15, -0.1) is 0 Å². The van der Waals surface area contributed by atoms with Crippen LogP contribution in [0.15, 0.2) is 30.6 Å². The molecule has 0 aliphatic carbocycles. The van der Waals surface area contributed by atoms with Crippen molar-refractivity contribution in [2.45, 2.75) is 0 Å². The third-order valence-electron chi connectivity index (χ3n) is 1.22. The lowest BCUT2D eigenvalue weighted by Crippen LogP contribution is -2.24. The maximum atomic E-state index is 10.7. The fourth-order valence-electron chi connectivity index (χ4n) is 0.738. The van der Waals surface area contributed by atoms with Crippen LogP contribution in [0.1, 0.15) is 5.56 Å². The summed E-state index contributed by atoms with van der Waals surface area (Å²) in [7, 11) is 0. The number of aromatic nitrogens is 1. The molecule has 0 unspecified atom stereocenters. The zero-order valence-corrected chi connectivity index (χ0v) is 6.18. The van der Waals surface area contributed by atoms with Gasteiger partial charge in [-0.2, -0.15) is 4.73 Å². The number of rotatable bonds is 2. The van der Waals surface area contributed by atoms with Gasteiger partial charge >= 0.3 is 5.97 Å². The second-order valence-electron chi connectivity index (χ2n) is 2.17. The van der Waals surface area contributed by atoms with E-state index in [9.17, 15) is 10.0 Å². The van der Waals surface area contributed by atoms with Crippen molar-refractivity contribution >= 4 is 12.0 Å². The number of hydrogen-bond donors (Lipinski definition) is 1. The van der Waals surface area contributed by atoms with Crippen molar-refractivity contribution in [2.75, 3.05) is 0 Å². The fourth-order valence-corrected chi connectivity index (χ4v) is 0.738. The third-order valence-corrected chi connectivity index (χ3v) is 1.22. The van der Waals surface area contributed by atoms with E-state index in [2.05, 4.69) is 0 Å². The highest BCUT2D eigenvalue weighted by Crippen LogP contribution is 1.96. The highest BCUT2D eigenvalue weighted by Gasteiger charge is 1.92. The Morgan fingerprint density at radius 1 is 1.67 bits per heavy atom. The summed E-state index contributed by atoms with van der Waals surface area (Å²) >= 11 is 0. The lowest BCUT2D eigenvalue weighted by atomic mass is 10.2. The van der Waals surface area contributed by atoms with Crippen molar-refractivity contribution in [1.82, 2.24) is 0 Å². The Morgan fingerprint density at radius 2 is 2.42 bits per heavy atom. The van der Waals surface area contributed by atoms with Crippen LogP contribution in [-0.4, -0.2) is 11.1 Å². The average molecular weight is 165 g/mol. The van der Waals surface area contributed by atoms with Crippen molar-refractivity contribution in [1.29, 1.82) is 0 Å². The Balaban J connectivity index is 2.83. The molecule has 0 bridgehead atoms. The van der Waals surface area contributed by atoms with Crippen LogP contribution >= 0.6 is 0 Å². The number of pyridine rings is 1. The molecule has 0 amide bonds. The SMILES string of the molecule is O=C(O)C=Cc1ccc[n+]([O-])c1. The van der Waals surface area contributed by atoms with Gasteiger partial charge < -0.3 is 10.3 Å². The molecule has 0 radical (unpaired) electrons. The molecule has 4 heteroatoms. The minimum absolute atomic E-state index is 0.565. The summed E-state index contributed by atoms with van der Waals surface area (Å²) in [4.78, 5) is 10.1. The Kier molecular flexibility index (Phi) is 2.42. The van der Waals surface area contributed by atoms with E-state index in [1.807, 2.05) is 0 Å². The van der Waals surface area contributed by atoms with Crippen LogP contribution in [0.3, 0.4) is 0 Å². The van der Waals surface area contributed by atoms with Crippen molar-refractivity contribution in [3.05, 3.63) is 41.4 Å². The smallest absolute Gasteiger partial charge is 0.328 e. The van der Waals surface area contributed by atoms with Crippen LogP contribution in [0.5, 0.6) is 0 Å². The van der Waals surface area contributed by atoms with Crippen molar-refractivity contribution in [2.24, 2.45) is 0 Å². The van der Waals surface area contributed by atoms with E-state index in [1.165, 1.54) is 18.5 Å². The third kappa shape index (κ3) is 2.42. The number of nitrogens with zero attached hydrogens (tertiary/aromatic N) is 1. The van der Waals surface area contributed by atoms with E-state index in [0.717, 1.165) is 6.08 Å². The predicted octanol–water partition coefficient (Wildman–Crippen LogP) is 0.418. The highest BCUT2D eigenvalue weighted by molar-refractivity contribution is 5.85. The molecule has 0 saturated heterocycles. The summed E-state index contributed by atoms with van der Waals surface area (Å²) in [6.45, 7) is 0. The van der Waals surface area contributed by atoms with E-state index in [1.54, 1.807) is 12.1 Å². The maximum Gasteiger partial charge on any atom is 0.328 e. The molecule has 4 nitrogen and oxygen atoms in total. The van der Waals surface area contributed by atoms with Crippen LogP contribution in [0, 0.1) is 5.21 Å². The summed E-state index contributed by atoms with van der Waals surface area (Å²) in [5.74, 6) is -1.03. The van der Waals surface area contributed by atoms with E-state index < -0.39 is 5.97 Å². The standard InChI is InChI=1S/C8H7NO3/c10-8(11)4-3-7-2-1-5-9(12)6-7/h1-6H,(H,10,11). The van der Waals surface area contributed by atoms with Crippen LogP contribution in [0.4, 0.5) is 0 Å². The van der Waals surface area contributed by atoms with Crippen LogP contribution < -0.4 is 4.73 Å². The summed E-state index contributed by atoms with van der Waals surface area (Å²) in [6, 6.07) is 3.20. The minimum atomic E-state index is -1.03. The van der Waals surface area contributed by atoms with Gasteiger partial charge in [0, 0.05) is 17.7 Å². The monoisotopic (exact) mass is 165 g/mol. The number of carboxylic acids is 1. The Morgan fingerprint density at radius 3 is 3.00 bits per heavy atom. The molecule has 0 spiro atoms. The largest absolute Gasteiger partial charge is 0.619 e. The maximum absolute atomic E-state index is 10.7. The first-order valence-corrected chi connectivity index (χ1v) is 3.28. The normalized spacial score (nSPS) is 10.3. The van der Waals surface area contributed by atoms with E-state index in [4.69, 9.17) is 5.11 Å². The Hall–Kier alpha value is -1.84. The molecule has 1 heterocycles. The molecular weight excluding hydrogens is 158 g/mol. The summed E-state index contributed by atoms with van der Waals surface area (Å²) in [5.41, 5.74) is 0.565. The minimum Gasteiger partial charge on any atom is -0.619 e. The number of aliphatic carboxylic acids is 1. The Labute approximate surface area is 69.0 Å². The second-order valence-corrected chi connectivity index (χ2v) is 2.17. The lowest BCUT2D eigenvalue weighted by Gasteiger charge is -1.94. The van der Waals surface area contributed by atoms with Crippen LogP contribution in [0.2, 0.25) is 0 Å². The van der Waals surface area contributed by atoms with Gasteiger partial charge in [0.2, 0.25) is 0 Å². The van der Waals surface area contributed by atoms with Gasteiger partial charge in [0.15, 0.2) is 12.4 Å². The molecule has 1 aromatic heterocycles. The molecule has 0 fully saturated rings. The van der Waals surface area contributed by atoms with Gasteiger partial charge in [0.1, 0.15) is 0 Å². The number of hydrogen-bond acceptors (Lipinski definition) is 2. The van der Waals surface area contributed by atoms with Crippen LogP contribution in [0.25, 0.3) is 6.08 Å². The molecule has 0 aliphatic rings. The topological polar surface area (TPSA) is 64.2 Å². The van der Waals surface area contributed by atoms with Crippen molar-refractivity contribution in [3.8, 4) is 0 Å². The first kappa shape index (κ1) is 8.26. The molecule has 1 N–H and O–H groups in total. The molecule has 1 rings (SSSR count). The van der Waals surface area contributed by atoms with E-state index >= 15 is 0 Å². The molecule has 1 aromatic rings. The molecule has 62 valence electrons. The van der Waals surface area contributed by atoms with Gasteiger partial charge in [-0.05, 0) is 12.1 Å². The molecule has 12 heavy (non-hydrogen) atoms.